The molecule has 4 N–H and O–H groups in total. The predicted molar refractivity (Wildman–Crippen MR) is 159 cm³/mol. The third kappa shape index (κ3) is 9.15. The Morgan fingerprint density at radius 1 is 0.929 bits per heavy atom. The van der Waals surface area contributed by atoms with Gasteiger partial charge in [0.1, 0.15) is 34.9 Å². The Bertz CT molecular complexity index is 1350. The number of ether oxygens (including phenoxy) is 2. The van der Waals surface area contributed by atoms with Gasteiger partial charge in [-0.3, -0.25) is 9.59 Å². The van der Waals surface area contributed by atoms with Crippen LogP contribution in [0.15, 0.2) is 72.8 Å². The van der Waals surface area contributed by atoms with E-state index in [1.165, 1.54) is 29.2 Å². The van der Waals surface area contributed by atoms with Gasteiger partial charge in [0.25, 0.3) is 5.91 Å². The second-order valence-corrected chi connectivity index (χ2v) is 10.8. The smallest absolute Gasteiger partial charge is 0.408 e. The molecule has 0 heterocycles. The number of methoxy groups -OCH3 is 1. The van der Waals surface area contributed by atoms with Gasteiger partial charge in [-0.2, -0.15) is 0 Å². The second kappa shape index (κ2) is 14.2. The van der Waals surface area contributed by atoms with Gasteiger partial charge in [0.2, 0.25) is 5.91 Å². The molecule has 10 heteroatoms. The Morgan fingerprint density at radius 2 is 1.60 bits per heavy atom. The molecule has 0 saturated heterocycles. The van der Waals surface area contributed by atoms with E-state index in [0.717, 1.165) is 0 Å². The molecular formula is C32H39N3O7. The van der Waals surface area contributed by atoms with Crippen molar-refractivity contribution in [2.75, 3.05) is 19.0 Å². The first kappa shape index (κ1) is 31.8. The van der Waals surface area contributed by atoms with Gasteiger partial charge in [-0.05, 0) is 86.8 Å². The molecule has 3 aromatic carbocycles. The molecule has 0 saturated carbocycles. The van der Waals surface area contributed by atoms with E-state index in [-0.39, 0.29) is 24.5 Å². The number of anilines is 1. The van der Waals surface area contributed by atoms with Crippen molar-refractivity contribution in [2.24, 2.45) is 0 Å². The van der Waals surface area contributed by atoms with Crippen molar-refractivity contribution in [1.29, 1.82) is 0 Å². The van der Waals surface area contributed by atoms with Gasteiger partial charge in [0.15, 0.2) is 0 Å². The summed E-state index contributed by atoms with van der Waals surface area (Å²) in [4.78, 5) is 42.4. The standard InChI is InChI=1S/C32H39N3O7/c1-6-18-35(30(39)27(34-31(40)42-32(2,3)4)19-21-10-14-24(36)15-11-21)28(22-8-7-9-25(37)20-22)29(38)33-23-12-16-26(41-5)17-13-23/h7-17,20,27-28,36-37H,6,18-19H2,1-5H3,(H,33,38)(H,34,40). The number of rotatable bonds is 11. The quantitative estimate of drug-likeness (QED) is 0.247. The zero-order chi connectivity index (χ0) is 30.9. The number of alkyl carbamates (subject to hydrolysis) is 1. The summed E-state index contributed by atoms with van der Waals surface area (Å²) >= 11 is 0. The topological polar surface area (TPSA) is 137 Å². The Kier molecular flexibility index (Phi) is 10.8. The number of hydrogen-bond donors (Lipinski definition) is 4. The first-order chi connectivity index (χ1) is 19.9. The maximum absolute atomic E-state index is 14.3. The summed E-state index contributed by atoms with van der Waals surface area (Å²) in [6.45, 7) is 7.20. The van der Waals surface area contributed by atoms with Gasteiger partial charge >= 0.3 is 6.09 Å². The molecule has 0 fully saturated rings. The fraction of sp³-hybridized carbons (Fsp3) is 0.344. The predicted octanol–water partition coefficient (Wildman–Crippen LogP) is 5.16. The van der Waals surface area contributed by atoms with Crippen LogP contribution >= 0.6 is 0 Å². The van der Waals surface area contributed by atoms with Gasteiger partial charge in [-0.15, -0.1) is 0 Å². The third-order valence-electron chi connectivity index (χ3n) is 6.22. The highest BCUT2D eigenvalue weighted by Crippen LogP contribution is 2.28. The molecule has 0 aromatic heterocycles. The van der Waals surface area contributed by atoms with Gasteiger partial charge < -0.3 is 35.2 Å². The Morgan fingerprint density at radius 3 is 2.17 bits per heavy atom. The highest BCUT2D eigenvalue weighted by Gasteiger charge is 2.36. The van der Waals surface area contributed by atoms with E-state index in [2.05, 4.69) is 10.6 Å². The monoisotopic (exact) mass is 577 g/mol. The number of benzene rings is 3. The van der Waals surface area contributed by atoms with Crippen molar-refractivity contribution in [3.63, 3.8) is 0 Å². The van der Waals surface area contributed by atoms with Crippen LogP contribution in [0.3, 0.4) is 0 Å². The van der Waals surface area contributed by atoms with Crippen LogP contribution in [0, 0.1) is 0 Å². The lowest BCUT2D eigenvalue weighted by Crippen LogP contribution is -2.53. The average molecular weight is 578 g/mol. The number of phenols is 2. The van der Waals surface area contributed by atoms with E-state index in [1.807, 2.05) is 6.92 Å². The lowest BCUT2D eigenvalue weighted by Gasteiger charge is -2.34. The molecule has 0 radical (unpaired) electrons. The summed E-state index contributed by atoms with van der Waals surface area (Å²) < 4.78 is 10.6. The maximum Gasteiger partial charge on any atom is 0.408 e. The number of amides is 3. The molecule has 0 aliphatic carbocycles. The molecule has 0 bridgehead atoms. The van der Waals surface area contributed by atoms with Crippen LogP contribution in [-0.2, 0) is 20.7 Å². The summed E-state index contributed by atoms with van der Waals surface area (Å²) in [7, 11) is 1.54. The molecule has 42 heavy (non-hydrogen) atoms. The van der Waals surface area contributed by atoms with Crippen LogP contribution in [0.2, 0.25) is 0 Å². The molecule has 0 aliphatic rings. The summed E-state index contributed by atoms with van der Waals surface area (Å²) in [5.74, 6) is -0.410. The fourth-order valence-corrected chi connectivity index (χ4v) is 4.38. The molecule has 0 aliphatic heterocycles. The SMILES string of the molecule is CCCN(C(=O)C(Cc1ccc(O)cc1)NC(=O)OC(C)(C)C)C(C(=O)Nc1ccc(OC)cc1)c1cccc(O)c1. The summed E-state index contributed by atoms with van der Waals surface area (Å²) in [6, 6.07) is 17.0. The van der Waals surface area contributed by atoms with Crippen molar-refractivity contribution in [3.05, 3.63) is 83.9 Å². The highest BCUT2D eigenvalue weighted by molar-refractivity contribution is 5.99. The average Bonchev–Trinajstić information content (AvgIpc) is 2.92. The van der Waals surface area contributed by atoms with E-state index in [9.17, 15) is 24.6 Å². The van der Waals surface area contributed by atoms with Crippen LogP contribution < -0.4 is 15.4 Å². The zero-order valence-corrected chi connectivity index (χ0v) is 24.6. The first-order valence-electron chi connectivity index (χ1n) is 13.7. The van der Waals surface area contributed by atoms with E-state index in [4.69, 9.17) is 9.47 Å². The zero-order valence-electron chi connectivity index (χ0n) is 24.6. The molecule has 2 unspecified atom stereocenters. The van der Waals surface area contributed by atoms with Crippen LogP contribution in [0.4, 0.5) is 10.5 Å². The number of nitrogens with zero attached hydrogens (tertiary/aromatic N) is 1. The summed E-state index contributed by atoms with van der Waals surface area (Å²) in [5.41, 5.74) is 0.753. The van der Waals surface area contributed by atoms with Crippen molar-refractivity contribution in [1.82, 2.24) is 10.2 Å². The minimum absolute atomic E-state index is 0.0634. The third-order valence-corrected chi connectivity index (χ3v) is 6.22. The van der Waals surface area contributed by atoms with Gasteiger partial charge in [0.05, 0.1) is 7.11 Å². The number of nitrogens with one attached hydrogen (secondary N) is 2. The van der Waals surface area contributed by atoms with E-state index in [1.54, 1.807) is 76.4 Å². The van der Waals surface area contributed by atoms with Crippen molar-refractivity contribution in [3.8, 4) is 17.2 Å². The van der Waals surface area contributed by atoms with E-state index >= 15 is 0 Å². The van der Waals surface area contributed by atoms with Crippen LogP contribution in [0.25, 0.3) is 0 Å². The van der Waals surface area contributed by atoms with Crippen molar-refractivity contribution < 1.29 is 34.1 Å². The molecule has 2 atom stereocenters. The number of aromatic hydroxyl groups is 2. The normalized spacial score (nSPS) is 12.5. The fourth-order valence-electron chi connectivity index (χ4n) is 4.38. The molecule has 3 amide bonds. The maximum atomic E-state index is 14.3. The molecule has 3 aromatic rings. The lowest BCUT2D eigenvalue weighted by molar-refractivity contribution is -0.140. The molecule has 224 valence electrons. The number of hydrogen-bond acceptors (Lipinski definition) is 7. The van der Waals surface area contributed by atoms with Crippen LogP contribution in [0.1, 0.15) is 51.3 Å². The second-order valence-electron chi connectivity index (χ2n) is 10.8. The van der Waals surface area contributed by atoms with Crippen molar-refractivity contribution in [2.45, 2.75) is 58.2 Å². The summed E-state index contributed by atoms with van der Waals surface area (Å²) in [5, 5.41) is 25.5. The van der Waals surface area contributed by atoms with Crippen LogP contribution in [0.5, 0.6) is 17.2 Å². The Labute approximate surface area is 246 Å². The van der Waals surface area contributed by atoms with E-state index in [0.29, 0.717) is 29.0 Å². The minimum Gasteiger partial charge on any atom is -0.508 e. The largest absolute Gasteiger partial charge is 0.508 e. The first-order valence-corrected chi connectivity index (χ1v) is 13.7. The van der Waals surface area contributed by atoms with Gasteiger partial charge in [-0.25, -0.2) is 4.79 Å². The van der Waals surface area contributed by atoms with E-state index < -0.39 is 35.6 Å². The van der Waals surface area contributed by atoms with Crippen LogP contribution in [-0.4, -0.2) is 58.3 Å². The van der Waals surface area contributed by atoms with Gasteiger partial charge in [0, 0.05) is 18.7 Å². The number of phenolic OH excluding ortho intramolecular Hbond substituents is 2. The Balaban J connectivity index is 2.02. The molecule has 3 rings (SSSR count). The molecule has 0 spiro atoms. The molecular weight excluding hydrogens is 538 g/mol. The lowest BCUT2D eigenvalue weighted by atomic mass is 9.99. The molecule has 10 nitrogen and oxygen atoms in total. The number of carbonyl (C=O) groups is 3. The summed E-state index contributed by atoms with van der Waals surface area (Å²) in [6.07, 6.45) is -0.201. The Hall–Kier alpha value is -4.73. The minimum atomic E-state index is -1.14. The van der Waals surface area contributed by atoms with Gasteiger partial charge in [-0.1, -0.05) is 31.2 Å². The van der Waals surface area contributed by atoms with Crippen molar-refractivity contribution >= 4 is 23.6 Å². The highest BCUT2D eigenvalue weighted by atomic mass is 16.6. The number of carbonyl (C=O) groups excluding carboxylic acids is 3.